The van der Waals surface area contributed by atoms with Crippen molar-refractivity contribution in [1.29, 1.82) is 0 Å². The maximum atomic E-state index is 12.4. The molecule has 0 aliphatic heterocycles. The number of rotatable bonds is 4. The standard InChI is InChI=1S/C16H16ClN5O2/c1-16(2,20-13(23)10-5-4-6-11(17)9-10)15-19-14(24-21-15)12-7-8-18-22(12)3/h4-9H,1-3H3,(H,20,23). The van der Waals surface area contributed by atoms with Crippen LogP contribution in [0.1, 0.15) is 30.0 Å². The van der Waals surface area contributed by atoms with Crippen LogP contribution in [-0.2, 0) is 12.6 Å². The van der Waals surface area contributed by atoms with E-state index in [0.717, 1.165) is 0 Å². The Hall–Kier alpha value is -2.67. The van der Waals surface area contributed by atoms with Crippen LogP contribution in [0.5, 0.6) is 0 Å². The Labute approximate surface area is 143 Å². The van der Waals surface area contributed by atoms with Gasteiger partial charge in [-0.3, -0.25) is 9.48 Å². The van der Waals surface area contributed by atoms with Crippen molar-refractivity contribution in [3.63, 3.8) is 0 Å². The quantitative estimate of drug-likeness (QED) is 0.785. The van der Waals surface area contributed by atoms with Crippen LogP contribution in [0.15, 0.2) is 41.1 Å². The number of nitrogens with one attached hydrogen (secondary N) is 1. The highest BCUT2D eigenvalue weighted by Gasteiger charge is 2.29. The smallest absolute Gasteiger partial charge is 0.276 e. The van der Waals surface area contributed by atoms with E-state index in [-0.39, 0.29) is 5.91 Å². The summed E-state index contributed by atoms with van der Waals surface area (Å²) in [6, 6.07) is 8.50. The van der Waals surface area contributed by atoms with Crippen LogP contribution in [0.4, 0.5) is 0 Å². The second kappa shape index (κ2) is 6.09. The zero-order valence-corrected chi connectivity index (χ0v) is 14.2. The Kier molecular flexibility index (Phi) is 4.11. The summed E-state index contributed by atoms with van der Waals surface area (Å²) in [5, 5.41) is 11.4. The van der Waals surface area contributed by atoms with Gasteiger partial charge in [0.15, 0.2) is 5.82 Å². The SMILES string of the molecule is Cn1nccc1-c1nc(C(C)(C)NC(=O)c2cccc(Cl)c2)no1. The molecule has 124 valence electrons. The first-order chi connectivity index (χ1) is 11.4. The van der Waals surface area contributed by atoms with Gasteiger partial charge < -0.3 is 9.84 Å². The molecule has 2 aromatic heterocycles. The summed E-state index contributed by atoms with van der Waals surface area (Å²) in [5.41, 5.74) is 0.344. The number of carbonyl (C=O) groups excluding carboxylic acids is 1. The van der Waals surface area contributed by atoms with E-state index in [1.807, 2.05) is 0 Å². The molecule has 0 radical (unpaired) electrons. The molecular formula is C16H16ClN5O2. The Morgan fingerprint density at radius 3 is 2.79 bits per heavy atom. The number of carbonyl (C=O) groups is 1. The van der Waals surface area contributed by atoms with Crippen molar-refractivity contribution in [3.05, 3.63) is 52.9 Å². The molecule has 0 bridgehead atoms. The van der Waals surface area contributed by atoms with Crippen LogP contribution in [0.25, 0.3) is 11.6 Å². The van der Waals surface area contributed by atoms with Crippen LogP contribution in [0.3, 0.4) is 0 Å². The van der Waals surface area contributed by atoms with Crippen molar-refractivity contribution in [2.75, 3.05) is 0 Å². The Bertz CT molecular complexity index is 884. The van der Waals surface area contributed by atoms with Gasteiger partial charge in [-0.15, -0.1) is 0 Å². The number of hydrogen-bond acceptors (Lipinski definition) is 5. The normalized spacial score (nSPS) is 11.5. The fourth-order valence-electron chi connectivity index (χ4n) is 2.21. The second-order valence-electron chi connectivity index (χ2n) is 5.85. The predicted molar refractivity (Wildman–Crippen MR) is 88.4 cm³/mol. The maximum Gasteiger partial charge on any atom is 0.276 e. The number of aromatic nitrogens is 4. The highest BCUT2D eigenvalue weighted by molar-refractivity contribution is 6.30. The number of aryl methyl sites for hydroxylation is 1. The molecular weight excluding hydrogens is 330 g/mol. The van der Waals surface area contributed by atoms with Gasteiger partial charge in [-0.25, -0.2) is 0 Å². The lowest BCUT2D eigenvalue weighted by atomic mass is 10.0. The van der Waals surface area contributed by atoms with Gasteiger partial charge >= 0.3 is 0 Å². The summed E-state index contributed by atoms with van der Waals surface area (Å²) in [6.07, 6.45) is 1.64. The van der Waals surface area contributed by atoms with Crippen LogP contribution >= 0.6 is 11.6 Å². The fourth-order valence-corrected chi connectivity index (χ4v) is 2.40. The van der Waals surface area contributed by atoms with Gasteiger partial charge in [0, 0.05) is 23.8 Å². The van der Waals surface area contributed by atoms with E-state index < -0.39 is 5.54 Å². The minimum Gasteiger partial charge on any atom is -0.340 e. The highest BCUT2D eigenvalue weighted by atomic mass is 35.5. The van der Waals surface area contributed by atoms with E-state index in [1.54, 1.807) is 62.1 Å². The first-order valence-corrected chi connectivity index (χ1v) is 7.65. The third kappa shape index (κ3) is 3.16. The van der Waals surface area contributed by atoms with Gasteiger partial charge in [-0.05, 0) is 38.1 Å². The molecule has 0 unspecified atom stereocenters. The van der Waals surface area contributed by atoms with E-state index in [0.29, 0.717) is 28.0 Å². The Morgan fingerprint density at radius 1 is 1.33 bits per heavy atom. The van der Waals surface area contributed by atoms with Crippen molar-refractivity contribution in [2.45, 2.75) is 19.4 Å². The van der Waals surface area contributed by atoms with E-state index in [4.69, 9.17) is 16.1 Å². The molecule has 0 aliphatic rings. The number of hydrogen-bond donors (Lipinski definition) is 1. The highest BCUT2D eigenvalue weighted by Crippen LogP contribution is 2.22. The molecule has 1 aromatic carbocycles. The molecule has 1 amide bonds. The molecule has 3 rings (SSSR count). The summed E-state index contributed by atoms with van der Waals surface area (Å²) in [6.45, 7) is 3.60. The molecule has 0 saturated carbocycles. The monoisotopic (exact) mass is 345 g/mol. The lowest BCUT2D eigenvalue weighted by Gasteiger charge is -2.22. The van der Waals surface area contributed by atoms with E-state index in [9.17, 15) is 4.79 Å². The summed E-state index contributed by atoms with van der Waals surface area (Å²) >= 11 is 5.92. The van der Waals surface area contributed by atoms with Crippen molar-refractivity contribution >= 4 is 17.5 Å². The zero-order chi connectivity index (χ0) is 17.3. The van der Waals surface area contributed by atoms with Crippen molar-refractivity contribution in [1.82, 2.24) is 25.2 Å². The van der Waals surface area contributed by atoms with Gasteiger partial charge in [0.1, 0.15) is 5.69 Å². The van der Waals surface area contributed by atoms with Gasteiger partial charge in [0.05, 0.1) is 5.54 Å². The van der Waals surface area contributed by atoms with Crippen molar-refractivity contribution in [2.24, 2.45) is 7.05 Å². The topological polar surface area (TPSA) is 85.8 Å². The van der Waals surface area contributed by atoms with Crippen LogP contribution < -0.4 is 5.32 Å². The first kappa shape index (κ1) is 16.2. The molecule has 0 atom stereocenters. The third-order valence-electron chi connectivity index (χ3n) is 3.54. The van der Waals surface area contributed by atoms with E-state index >= 15 is 0 Å². The molecule has 0 aliphatic carbocycles. The average Bonchev–Trinajstić information content (AvgIpc) is 3.15. The minimum atomic E-state index is -0.820. The van der Waals surface area contributed by atoms with Gasteiger partial charge in [-0.1, -0.05) is 22.8 Å². The molecule has 7 nitrogen and oxygen atoms in total. The largest absolute Gasteiger partial charge is 0.340 e. The molecule has 0 fully saturated rings. The summed E-state index contributed by atoms with van der Waals surface area (Å²) in [7, 11) is 1.78. The molecule has 2 heterocycles. The lowest BCUT2D eigenvalue weighted by molar-refractivity contribution is 0.0907. The van der Waals surface area contributed by atoms with Gasteiger partial charge in [0.25, 0.3) is 11.8 Å². The molecule has 24 heavy (non-hydrogen) atoms. The second-order valence-corrected chi connectivity index (χ2v) is 6.29. The predicted octanol–water partition coefficient (Wildman–Crippen LogP) is 2.79. The fraction of sp³-hybridized carbons (Fsp3) is 0.250. The van der Waals surface area contributed by atoms with Gasteiger partial charge in [0.2, 0.25) is 0 Å². The number of amides is 1. The van der Waals surface area contributed by atoms with E-state index in [1.165, 1.54) is 0 Å². The van der Waals surface area contributed by atoms with Crippen molar-refractivity contribution in [3.8, 4) is 11.6 Å². The van der Waals surface area contributed by atoms with Crippen LogP contribution in [0.2, 0.25) is 5.02 Å². The van der Waals surface area contributed by atoms with Crippen LogP contribution in [-0.4, -0.2) is 25.8 Å². The number of benzene rings is 1. The summed E-state index contributed by atoms with van der Waals surface area (Å²) in [4.78, 5) is 16.8. The zero-order valence-electron chi connectivity index (χ0n) is 13.4. The molecule has 0 spiro atoms. The molecule has 8 heteroatoms. The minimum absolute atomic E-state index is 0.269. The Morgan fingerprint density at radius 2 is 2.12 bits per heavy atom. The lowest BCUT2D eigenvalue weighted by Crippen LogP contribution is -2.41. The molecule has 3 aromatic rings. The van der Waals surface area contributed by atoms with E-state index in [2.05, 4.69) is 20.6 Å². The summed E-state index contributed by atoms with van der Waals surface area (Å²) < 4.78 is 6.92. The first-order valence-electron chi connectivity index (χ1n) is 7.27. The number of nitrogens with zero attached hydrogens (tertiary/aromatic N) is 4. The van der Waals surface area contributed by atoms with Crippen LogP contribution in [0, 0.1) is 0 Å². The average molecular weight is 346 g/mol. The molecule has 1 N–H and O–H groups in total. The van der Waals surface area contributed by atoms with Crippen molar-refractivity contribution < 1.29 is 9.32 Å². The third-order valence-corrected chi connectivity index (χ3v) is 3.77. The maximum absolute atomic E-state index is 12.4. The molecule has 0 saturated heterocycles. The summed E-state index contributed by atoms with van der Waals surface area (Å²) in [5.74, 6) is 0.443. The van der Waals surface area contributed by atoms with Gasteiger partial charge in [-0.2, -0.15) is 10.1 Å². The number of halogens is 1. The Balaban J connectivity index is 1.82.